The summed E-state index contributed by atoms with van der Waals surface area (Å²) in [6.07, 6.45) is 2.44. The van der Waals surface area contributed by atoms with Crippen LogP contribution in [-0.4, -0.2) is 37.1 Å². The highest BCUT2D eigenvalue weighted by Gasteiger charge is 2.17. The van der Waals surface area contributed by atoms with Crippen molar-refractivity contribution in [3.63, 3.8) is 0 Å². The lowest BCUT2D eigenvalue weighted by atomic mass is 10.1. The summed E-state index contributed by atoms with van der Waals surface area (Å²) in [5.41, 5.74) is 0. The van der Waals surface area contributed by atoms with Gasteiger partial charge in [0.05, 0.1) is 0 Å². The van der Waals surface area contributed by atoms with Gasteiger partial charge >= 0.3 is 0 Å². The van der Waals surface area contributed by atoms with Crippen LogP contribution in [0.2, 0.25) is 0 Å². The van der Waals surface area contributed by atoms with Gasteiger partial charge in [-0.2, -0.15) is 0 Å². The van der Waals surface area contributed by atoms with Crippen molar-refractivity contribution < 1.29 is 0 Å². The van der Waals surface area contributed by atoms with Crippen LogP contribution in [0.4, 0.5) is 0 Å². The average molecular weight is 186 g/mol. The maximum Gasteiger partial charge on any atom is 0.0217 e. The molecule has 0 heterocycles. The standard InChI is InChI=1S/C11H26N2/c1-6-9-12-11(7-2)10(4)13(5)8-3/h10-12H,6-9H2,1-5H3. The fourth-order valence-electron chi connectivity index (χ4n) is 1.58. The first-order valence-corrected chi connectivity index (χ1v) is 5.60. The molecule has 0 aliphatic carbocycles. The van der Waals surface area contributed by atoms with Crippen molar-refractivity contribution in [1.82, 2.24) is 10.2 Å². The molecule has 0 fully saturated rings. The van der Waals surface area contributed by atoms with E-state index < -0.39 is 0 Å². The van der Waals surface area contributed by atoms with Gasteiger partial charge in [0, 0.05) is 12.1 Å². The number of hydrogen-bond donors (Lipinski definition) is 1. The van der Waals surface area contributed by atoms with E-state index >= 15 is 0 Å². The smallest absolute Gasteiger partial charge is 0.0217 e. The molecule has 0 radical (unpaired) electrons. The third-order valence-corrected chi connectivity index (χ3v) is 2.87. The molecule has 0 aromatic heterocycles. The van der Waals surface area contributed by atoms with Gasteiger partial charge in [0.15, 0.2) is 0 Å². The molecule has 0 amide bonds. The highest BCUT2D eigenvalue weighted by molar-refractivity contribution is 4.77. The van der Waals surface area contributed by atoms with Crippen LogP contribution in [0, 0.1) is 0 Å². The molecule has 2 heteroatoms. The lowest BCUT2D eigenvalue weighted by Gasteiger charge is -2.31. The largest absolute Gasteiger partial charge is 0.312 e. The van der Waals surface area contributed by atoms with Crippen LogP contribution in [0.5, 0.6) is 0 Å². The molecule has 2 unspecified atom stereocenters. The van der Waals surface area contributed by atoms with Gasteiger partial charge in [0.2, 0.25) is 0 Å². The van der Waals surface area contributed by atoms with Crippen molar-refractivity contribution in [2.45, 2.75) is 52.6 Å². The summed E-state index contributed by atoms with van der Waals surface area (Å²) in [7, 11) is 2.20. The molecule has 0 saturated carbocycles. The lowest BCUT2D eigenvalue weighted by molar-refractivity contribution is 0.211. The van der Waals surface area contributed by atoms with Gasteiger partial charge in [-0.3, -0.25) is 0 Å². The van der Waals surface area contributed by atoms with Crippen LogP contribution < -0.4 is 5.32 Å². The summed E-state index contributed by atoms with van der Waals surface area (Å²) in [6, 6.07) is 1.28. The summed E-state index contributed by atoms with van der Waals surface area (Å²) in [4.78, 5) is 2.40. The third kappa shape index (κ3) is 4.63. The SMILES string of the molecule is CCCNC(CC)C(C)N(C)CC. The molecule has 1 N–H and O–H groups in total. The zero-order valence-electron chi connectivity index (χ0n) is 9.93. The zero-order chi connectivity index (χ0) is 10.3. The predicted molar refractivity (Wildman–Crippen MR) is 60.1 cm³/mol. The van der Waals surface area contributed by atoms with Crippen molar-refractivity contribution in [1.29, 1.82) is 0 Å². The monoisotopic (exact) mass is 186 g/mol. The van der Waals surface area contributed by atoms with Gasteiger partial charge < -0.3 is 10.2 Å². The second-order valence-electron chi connectivity index (χ2n) is 3.78. The minimum absolute atomic E-state index is 0.640. The van der Waals surface area contributed by atoms with E-state index in [9.17, 15) is 0 Å². The quantitative estimate of drug-likeness (QED) is 0.655. The summed E-state index contributed by atoms with van der Waals surface area (Å²) < 4.78 is 0. The Morgan fingerprint density at radius 2 is 1.85 bits per heavy atom. The van der Waals surface area contributed by atoms with Crippen LogP contribution in [-0.2, 0) is 0 Å². The van der Waals surface area contributed by atoms with Gasteiger partial charge in [0.25, 0.3) is 0 Å². The molecule has 0 aliphatic heterocycles. The normalized spacial score (nSPS) is 16.2. The highest BCUT2D eigenvalue weighted by atomic mass is 15.2. The lowest BCUT2D eigenvalue weighted by Crippen LogP contribution is -2.46. The van der Waals surface area contributed by atoms with Crippen LogP contribution in [0.3, 0.4) is 0 Å². The summed E-state index contributed by atoms with van der Waals surface area (Å²) in [6.45, 7) is 11.3. The number of hydrogen-bond acceptors (Lipinski definition) is 2. The Kier molecular flexibility index (Phi) is 7.29. The topological polar surface area (TPSA) is 15.3 Å². The molecule has 2 nitrogen and oxygen atoms in total. The van der Waals surface area contributed by atoms with E-state index in [0.717, 1.165) is 13.1 Å². The van der Waals surface area contributed by atoms with Crippen molar-refractivity contribution in [2.24, 2.45) is 0 Å². The number of nitrogens with one attached hydrogen (secondary N) is 1. The molecule has 0 bridgehead atoms. The van der Waals surface area contributed by atoms with Crippen molar-refractivity contribution in [2.75, 3.05) is 20.1 Å². The van der Waals surface area contributed by atoms with Crippen LogP contribution >= 0.6 is 0 Å². The Labute approximate surface area is 83.7 Å². The molecule has 0 spiro atoms. The first kappa shape index (κ1) is 12.9. The van der Waals surface area contributed by atoms with E-state index in [1.54, 1.807) is 0 Å². The first-order chi connectivity index (χ1) is 6.17. The Hall–Kier alpha value is -0.0800. The van der Waals surface area contributed by atoms with Crippen molar-refractivity contribution in [3.05, 3.63) is 0 Å². The highest BCUT2D eigenvalue weighted by Crippen LogP contribution is 2.05. The van der Waals surface area contributed by atoms with E-state index in [1.165, 1.54) is 12.8 Å². The second kappa shape index (κ2) is 7.34. The molecule has 2 atom stereocenters. The maximum absolute atomic E-state index is 3.59. The fraction of sp³-hybridized carbons (Fsp3) is 1.00. The minimum atomic E-state index is 0.640. The van der Waals surface area contributed by atoms with Crippen LogP contribution in [0.15, 0.2) is 0 Å². The molecule has 0 aromatic carbocycles. The number of likely N-dealkylation sites (N-methyl/N-ethyl adjacent to an activating group) is 1. The van der Waals surface area contributed by atoms with Gasteiger partial charge in [-0.25, -0.2) is 0 Å². The third-order valence-electron chi connectivity index (χ3n) is 2.87. The second-order valence-corrected chi connectivity index (χ2v) is 3.78. The number of nitrogens with zero attached hydrogens (tertiary/aromatic N) is 1. The van der Waals surface area contributed by atoms with E-state index in [1.807, 2.05) is 0 Å². The van der Waals surface area contributed by atoms with E-state index in [-0.39, 0.29) is 0 Å². The minimum Gasteiger partial charge on any atom is -0.312 e. The fourth-order valence-corrected chi connectivity index (χ4v) is 1.58. The molecule has 0 saturated heterocycles. The Morgan fingerprint density at radius 3 is 2.23 bits per heavy atom. The molecule has 13 heavy (non-hydrogen) atoms. The predicted octanol–water partition coefficient (Wildman–Crippen LogP) is 2.10. The molecule has 0 aromatic rings. The summed E-state index contributed by atoms with van der Waals surface area (Å²) in [5, 5.41) is 3.59. The zero-order valence-corrected chi connectivity index (χ0v) is 9.93. The molecule has 0 rings (SSSR count). The Balaban J connectivity index is 3.90. The summed E-state index contributed by atoms with van der Waals surface area (Å²) in [5.74, 6) is 0. The Morgan fingerprint density at radius 1 is 1.23 bits per heavy atom. The van der Waals surface area contributed by atoms with Crippen molar-refractivity contribution >= 4 is 0 Å². The van der Waals surface area contributed by atoms with E-state index in [0.29, 0.717) is 12.1 Å². The van der Waals surface area contributed by atoms with Crippen molar-refractivity contribution in [3.8, 4) is 0 Å². The summed E-state index contributed by atoms with van der Waals surface area (Å²) >= 11 is 0. The molecule has 0 aliphatic rings. The molecule has 80 valence electrons. The number of rotatable bonds is 7. The van der Waals surface area contributed by atoms with Gasteiger partial charge in [-0.1, -0.05) is 20.8 Å². The van der Waals surface area contributed by atoms with Gasteiger partial charge in [-0.15, -0.1) is 0 Å². The average Bonchev–Trinajstić information content (AvgIpc) is 2.17. The first-order valence-electron chi connectivity index (χ1n) is 5.60. The molecular weight excluding hydrogens is 160 g/mol. The Bertz CT molecular complexity index is 115. The van der Waals surface area contributed by atoms with Gasteiger partial charge in [0.1, 0.15) is 0 Å². The maximum atomic E-state index is 3.59. The van der Waals surface area contributed by atoms with Gasteiger partial charge in [-0.05, 0) is 39.9 Å². The van der Waals surface area contributed by atoms with E-state index in [2.05, 4.69) is 45.0 Å². The molecular formula is C11H26N2. The van der Waals surface area contributed by atoms with Crippen LogP contribution in [0.1, 0.15) is 40.5 Å². The van der Waals surface area contributed by atoms with E-state index in [4.69, 9.17) is 0 Å². The van der Waals surface area contributed by atoms with Crippen LogP contribution in [0.25, 0.3) is 0 Å².